The first-order valence-corrected chi connectivity index (χ1v) is 25.0. The summed E-state index contributed by atoms with van der Waals surface area (Å²) < 4.78 is 33.1. The standard InChI is InChI=1S/C28H36FN5O2.C9H11NO2.C8H10BrNO.C5H3Br2N/c1-20(2)36-25-13-7-11-23(30-25)19-33-16-14-28(15-17-33)26(31-22-9-4-3-5-10-22)32-27(35)34(28)24-12-6-8-21(29)18-24;1-7(2)12-9-5-3-4-8(6-11)10-9;1-6(2)11-8-5-3-4-7(9)10-8;6-4-2-1-3-5(7)8-4/h6-8,11-13,18,20,22H,3-5,9-10,14-17,19H2,1-2H3,(H,31,32,35);3-7H,1-2H3;3-6H,1-2H3;1-3H. The largest absolute Gasteiger partial charge is 0.475 e. The van der Waals surface area contributed by atoms with Crippen molar-refractivity contribution in [1.82, 2.24) is 30.2 Å². The minimum absolute atomic E-state index is 0.0747. The van der Waals surface area contributed by atoms with E-state index in [1.54, 1.807) is 29.2 Å². The zero-order chi connectivity index (χ0) is 48.3. The number of nitrogens with zero attached hydrogens (tertiary/aromatic N) is 7. The molecule has 2 saturated heterocycles. The Balaban J connectivity index is 0.000000218. The van der Waals surface area contributed by atoms with Gasteiger partial charge in [-0.3, -0.25) is 24.9 Å². The first-order valence-electron chi connectivity index (χ1n) is 22.6. The molecule has 5 aromatic rings. The molecule has 17 heteroatoms. The number of aliphatic imine (C=N–C) groups is 1. The number of ether oxygens (including phenoxy) is 3. The summed E-state index contributed by atoms with van der Waals surface area (Å²) in [6.45, 7) is 14.0. The van der Waals surface area contributed by atoms with E-state index < -0.39 is 5.54 Å². The van der Waals surface area contributed by atoms with Gasteiger partial charge >= 0.3 is 6.03 Å². The van der Waals surface area contributed by atoms with Crippen LogP contribution in [0.25, 0.3) is 0 Å². The molecule has 1 aliphatic carbocycles. The molecule has 358 valence electrons. The maximum absolute atomic E-state index is 14.2. The van der Waals surface area contributed by atoms with Gasteiger partial charge in [0.1, 0.15) is 36.7 Å². The van der Waals surface area contributed by atoms with Crippen molar-refractivity contribution < 1.29 is 28.2 Å². The molecule has 67 heavy (non-hydrogen) atoms. The molecule has 4 aromatic heterocycles. The quantitative estimate of drug-likeness (QED) is 0.100. The average Bonchev–Trinajstić information content (AvgIpc) is 3.53. The first kappa shape index (κ1) is 53.1. The summed E-state index contributed by atoms with van der Waals surface area (Å²) in [6.07, 6.45) is 8.19. The van der Waals surface area contributed by atoms with Crippen molar-refractivity contribution in [2.24, 2.45) is 4.99 Å². The van der Waals surface area contributed by atoms with E-state index >= 15 is 0 Å². The summed E-state index contributed by atoms with van der Waals surface area (Å²) >= 11 is 9.70. The SMILES string of the molecule is Brc1cccc(Br)n1.CC(C)Oc1cccc(Br)n1.CC(C)Oc1cccc(C=O)n1.CC(C)Oc1cccc(CN2CCC3(CC2)C(=NC2CCCCC2)NC(=O)N3c2cccc(F)c2)n1. The molecule has 6 heterocycles. The second-order valence-corrected chi connectivity index (χ2v) is 19.3. The lowest BCUT2D eigenvalue weighted by atomic mass is 9.84. The molecule has 3 fully saturated rings. The van der Waals surface area contributed by atoms with Crippen LogP contribution in [0, 0.1) is 5.82 Å². The minimum Gasteiger partial charge on any atom is -0.475 e. The van der Waals surface area contributed by atoms with E-state index in [2.05, 4.69) is 77.9 Å². The van der Waals surface area contributed by atoms with Crippen LogP contribution in [0.4, 0.5) is 14.9 Å². The van der Waals surface area contributed by atoms with E-state index in [9.17, 15) is 14.0 Å². The lowest BCUT2D eigenvalue weighted by molar-refractivity contribution is 0.111. The molecule has 1 aromatic carbocycles. The monoisotopic (exact) mass is 1110 g/mol. The number of pyridine rings is 4. The summed E-state index contributed by atoms with van der Waals surface area (Å²) in [4.78, 5) is 49.6. The number of nitrogens with one attached hydrogen (secondary N) is 1. The van der Waals surface area contributed by atoms with Crippen LogP contribution < -0.4 is 24.4 Å². The number of piperidine rings is 1. The van der Waals surface area contributed by atoms with E-state index in [0.29, 0.717) is 41.9 Å². The highest BCUT2D eigenvalue weighted by atomic mass is 79.9. The summed E-state index contributed by atoms with van der Waals surface area (Å²) in [7, 11) is 0. The third kappa shape index (κ3) is 17.3. The average molecular weight is 1110 g/mol. The van der Waals surface area contributed by atoms with Crippen LogP contribution in [0.1, 0.15) is 103 Å². The van der Waals surface area contributed by atoms with Crippen molar-refractivity contribution in [1.29, 1.82) is 0 Å². The van der Waals surface area contributed by atoms with Gasteiger partial charge in [0.05, 0.1) is 30.0 Å². The van der Waals surface area contributed by atoms with Crippen LogP contribution in [0.5, 0.6) is 17.6 Å². The summed E-state index contributed by atoms with van der Waals surface area (Å²) in [6, 6.07) is 28.6. The van der Waals surface area contributed by atoms with Crippen LogP contribution in [-0.4, -0.2) is 86.0 Å². The number of aldehydes is 1. The number of likely N-dealkylation sites (tertiary alicyclic amines) is 1. The molecular formula is C50H60Br3FN8O5. The second-order valence-electron chi connectivity index (χ2n) is 16.9. The smallest absolute Gasteiger partial charge is 0.328 e. The topological polar surface area (TPSA) is 144 Å². The fourth-order valence-corrected chi connectivity index (χ4v) is 8.86. The van der Waals surface area contributed by atoms with Crippen molar-refractivity contribution in [2.75, 3.05) is 18.0 Å². The Kier molecular flexibility index (Phi) is 21.1. The second kappa shape index (κ2) is 26.6. The van der Waals surface area contributed by atoms with Crippen molar-refractivity contribution in [2.45, 2.75) is 123 Å². The minimum atomic E-state index is -0.588. The zero-order valence-electron chi connectivity index (χ0n) is 38.9. The number of amidine groups is 1. The molecule has 0 radical (unpaired) electrons. The number of amides is 2. The van der Waals surface area contributed by atoms with Gasteiger partial charge in [-0.05, 0) is 164 Å². The molecule has 0 atom stereocenters. The van der Waals surface area contributed by atoms with E-state index in [-0.39, 0.29) is 36.2 Å². The normalized spacial score (nSPS) is 16.3. The van der Waals surface area contributed by atoms with E-state index in [4.69, 9.17) is 19.2 Å². The van der Waals surface area contributed by atoms with Gasteiger partial charge in [0.25, 0.3) is 0 Å². The number of halogens is 4. The van der Waals surface area contributed by atoms with Crippen LogP contribution in [0.15, 0.2) is 116 Å². The molecule has 2 aliphatic heterocycles. The number of benzene rings is 1. The molecule has 1 saturated carbocycles. The Hall–Kier alpha value is -4.84. The van der Waals surface area contributed by atoms with Gasteiger partial charge in [-0.15, -0.1) is 0 Å². The van der Waals surface area contributed by atoms with Gasteiger partial charge in [0.2, 0.25) is 17.6 Å². The van der Waals surface area contributed by atoms with E-state index in [1.807, 2.05) is 102 Å². The van der Waals surface area contributed by atoms with Crippen molar-refractivity contribution in [3.05, 3.63) is 128 Å². The maximum atomic E-state index is 14.2. The van der Waals surface area contributed by atoms with Crippen LogP contribution in [0.2, 0.25) is 0 Å². The van der Waals surface area contributed by atoms with Crippen LogP contribution >= 0.6 is 47.8 Å². The highest BCUT2D eigenvalue weighted by Crippen LogP contribution is 2.39. The zero-order valence-corrected chi connectivity index (χ0v) is 43.6. The number of aromatic nitrogens is 4. The third-order valence-electron chi connectivity index (χ3n) is 10.4. The van der Waals surface area contributed by atoms with Crippen molar-refractivity contribution >= 4 is 71.6 Å². The molecule has 0 bridgehead atoms. The van der Waals surface area contributed by atoms with Gasteiger partial charge in [0.15, 0.2) is 6.29 Å². The Morgan fingerprint density at radius 2 is 1.24 bits per heavy atom. The van der Waals surface area contributed by atoms with E-state index in [1.165, 1.54) is 31.4 Å². The predicted molar refractivity (Wildman–Crippen MR) is 272 cm³/mol. The summed E-state index contributed by atoms with van der Waals surface area (Å²) in [5, 5.41) is 3.09. The summed E-state index contributed by atoms with van der Waals surface area (Å²) in [5.41, 5.74) is 1.35. The van der Waals surface area contributed by atoms with Crippen LogP contribution in [-0.2, 0) is 6.54 Å². The molecule has 3 aliphatic rings. The fourth-order valence-electron chi connectivity index (χ4n) is 7.61. The number of carbonyl (C=O) groups is 2. The Bertz CT molecular complexity index is 2360. The van der Waals surface area contributed by atoms with Gasteiger partial charge in [-0.2, -0.15) is 0 Å². The fraction of sp³-hybridized carbons (Fsp3) is 0.420. The summed E-state index contributed by atoms with van der Waals surface area (Å²) in [5.74, 6) is 2.21. The maximum Gasteiger partial charge on any atom is 0.328 e. The van der Waals surface area contributed by atoms with Gasteiger partial charge in [-0.25, -0.2) is 29.1 Å². The third-order valence-corrected chi connectivity index (χ3v) is 11.7. The predicted octanol–water partition coefficient (Wildman–Crippen LogP) is 12.2. The molecule has 1 N–H and O–H groups in total. The lowest BCUT2D eigenvalue weighted by Gasteiger charge is -2.43. The number of hydrogen-bond donors (Lipinski definition) is 1. The number of hydrogen-bond acceptors (Lipinski definition) is 11. The Morgan fingerprint density at radius 1 is 0.716 bits per heavy atom. The molecule has 13 nitrogen and oxygen atoms in total. The highest BCUT2D eigenvalue weighted by Gasteiger charge is 2.53. The van der Waals surface area contributed by atoms with Gasteiger partial charge in [-0.1, -0.05) is 49.6 Å². The number of anilines is 1. The van der Waals surface area contributed by atoms with E-state index in [0.717, 1.165) is 64.1 Å². The highest BCUT2D eigenvalue weighted by molar-refractivity contribution is 9.11. The number of urea groups is 1. The van der Waals surface area contributed by atoms with Crippen LogP contribution in [0.3, 0.4) is 0 Å². The Morgan fingerprint density at radius 3 is 1.78 bits per heavy atom. The lowest BCUT2D eigenvalue weighted by Crippen LogP contribution is -2.57. The molecule has 0 unspecified atom stereocenters. The molecule has 1 spiro atoms. The van der Waals surface area contributed by atoms with Crippen molar-refractivity contribution in [3.8, 4) is 17.6 Å². The number of carbonyl (C=O) groups excluding carboxylic acids is 2. The molecule has 8 rings (SSSR count). The first-order chi connectivity index (χ1) is 32.1. The number of rotatable bonds is 11. The van der Waals surface area contributed by atoms with Crippen molar-refractivity contribution in [3.63, 3.8) is 0 Å². The van der Waals surface area contributed by atoms with Gasteiger partial charge < -0.3 is 14.2 Å². The Labute approximate surface area is 419 Å². The van der Waals surface area contributed by atoms with Gasteiger partial charge in [0, 0.05) is 43.5 Å². The molecular weight excluding hydrogens is 1050 g/mol. The molecule has 2 amide bonds.